The molecule has 1 aliphatic heterocycles. The van der Waals surface area contributed by atoms with Crippen LogP contribution in [0.4, 0.5) is 4.79 Å². The summed E-state index contributed by atoms with van der Waals surface area (Å²) in [7, 11) is 0. The smallest absolute Gasteiger partial charge is 0.411 e. The lowest BCUT2D eigenvalue weighted by atomic mass is 9.98. The maximum atomic E-state index is 12.3. The van der Waals surface area contributed by atoms with E-state index in [1.165, 1.54) is 0 Å². The second kappa shape index (κ2) is 5.45. The zero-order valence-corrected chi connectivity index (χ0v) is 12.0. The molecule has 106 valence electrons. The molecule has 0 aromatic rings. The van der Waals surface area contributed by atoms with Gasteiger partial charge < -0.3 is 14.6 Å². The van der Waals surface area contributed by atoms with Gasteiger partial charge in [-0.05, 0) is 41.0 Å². The van der Waals surface area contributed by atoms with Crippen molar-refractivity contribution in [1.82, 2.24) is 4.90 Å². The molecule has 1 saturated heterocycles. The molecule has 1 amide bonds. The second-order valence-electron chi connectivity index (χ2n) is 6.34. The van der Waals surface area contributed by atoms with Gasteiger partial charge in [-0.3, -0.25) is 4.90 Å². The Kier molecular flexibility index (Phi) is 4.61. The molecule has 0 saturated carbocycles. The Labute approximate surface area is 109 Å². The van der Waals surface area contributed by atoms with Crippen LogP contribution in [0.3, 0.4) is 0 Å². The van der Waals surface area contributed by atoms with Crippen molar-refractivity contribution in [3.8, 4) is 0 Å². The molecule has 1 rings (SSSR count). The van der Waals surface area contributed by atoms with E-state index in [0.717, 1.165) is 0 Å². The van der Waals surface area contributed by atoms with Crippen LogP contribution in [0, 0.1) is 0 Å². The highest BCUT2D eigenvalue weighted by Crippen LogP contribution is 2.27. The monoisotopic (exact) mass is 259 g/mol. The maximum absolute atomic E-state index is 12.3. The van der Waals surface area contributed by atoms with Crippen molar-refractivity contribution in [3.63, 3.8) is 0 Å². The maximum Gasteiger partial charge on any atom is 0.411 e. The summed E-state index contributed by atoms with van der Waals surface area (Å²) in [6, 6.07) is -0.131. The topological polar surface area (TPSA) is 59.0 Å². The number of rotatable bonds is 2. The highest BCUT2D eigenvalue weighted by Gasteiger charge is 2.42. The van der Waals surface area contributed by atoms with Crippen LogP contribution in [-0.2, 0) is 9.47 Å². The van der Waals surface area contributed by atoms with Crippen LogP contribution in [-0.4, -0.2) is 53.1 Å². The fourth-order valence-corrected chi connectivity index (χ4v) is 2.15. The lowest BCUT2D eigenvalue weighted by Gasteiger charge is -2.47. The van der Waals surface area contributed by atoms with Crippen molar-refractivity contribution >= 4 is 6.09 Å². The van der Waals surface area contributed by atoms with Gasteiger partial charge in [-0.15, -0.1) is 0 Å². The average Bonchev–Trinajstić information content (AvgIpc) is 2.13. The Balaban J connectivity index is 2.85. The van der Waals surface area contributed by atoms with Gasteiger partial charge in [0, 0.05) is 6.61 Å². The Bertz CT molecular complexity index is 294. The summed E-state index contributed by atoms with van der Waals surface area (Å²) >= 11 is 0. The zero-order chi connectivity index (χ0) is 14.0. The van der Waals surface area contributed by atoms with E-state index >= 15 is 0 Å². The van der Waals surface area contributed by atoms with E-state index in [1.807, 2.05) is 34.6 Å². The number of nitrogens with zero attached hydrogens (tertiary/aromatic N) is 1. The lowest BCUT2D eigenvalue weighted by Crippen LogP contribution is -2.61. The summed E-state index contributed by atoms with van der Waals surface area (Å²) in [5.41, 5.74) is -0.935. The number of amides is 1. The number of carbonyl (C=O) groups excluding carboxylic acids is 1. The zero-order valence-electron chi connectivity index (χ0n) is 12.0. The van der Waals surface area contributed by atoms with Crippen LogP contribution in [0.5, 0.6) is 0 Å². The summed E-state index contributed by atoms with van der Waals surface area (Å²) in [4.78, 5) is 14.0. The van der Waals surface area contributed by atoms with Gasteiger partial charge in [0.1, 0.15) is 5.60 Å². The van der Waals surface area contributed by atoms with Crippen molar-refractivity contribution in [2.24, 2.45) is 0 Å². The Morgan fingerprint density at radius 1 is 1.50 bits per heavy atom. The molecule has 0 aromatic heterocycles. The minimum Gasteiger partial charge on any atom is -0.444 e. The van der Waals surface area contributed by atoms with Crippen LogP contribution in [0.25, 0.3) is 0 Å². The molecule has 0 aromatic carbocycles. The third-order valence-electron chi connectivity index (χ3n) is 2.84. The number of hydrogen-bond donors (Lipinski definition) is 1. The van der Waals surface area contributed by atoms with Crippen molar-refractivity contribution in [1.29, 1.82) is 0 Å². The number of ether oxygens (including phenoxy) is 2. The standard InChI is InChI=1S/C13H25NO4/c1-12(2,3)18-11(16)14-10(6-7-15)8-17-9-13(14,4)5/h10,15H,6-9H2,1-5H3. The van der Waals surface area contributed by atoms with Gasteiger partial charge in [-0.25, -0.2) is 4.79 Å². The van der Waals surface area contributed by atoms with Crippen LogP contribution >= 0.6 is 0 Å². The first-order chi connectivity index (χ1) is 8.17. The Morgan fingerprint density at radius 2 is 2.11 bits per heavy atom. The van der Waals surface area contributed by atoms with Crippen LogP contribution in [0.1, 0.15) is 41.0 Å². The fraction of sp³-hybridized carbons (Fsp3) is 0.923. The number of morpholine rings is 1. The molecular weight excluding hydrogens is 234 g/mol. The van der Waals surface area contributed by atoms with Gasteiger partial charge in [-0.2, -0.15) is 0 Å². The van der Waals surface area contributed by atoms with Crippen molar-refractivity contribution in [2.75, 3.05) is 19.8 Å². The van der Waals surface area contributed by atoms with Gasteiger partial charge in [0.05, 0.1) is 24.8 Å². The van der Waals surface area contributed by atoms with Gasteiger partial charge in [0.25, 0.3) is 0 Å². The third kappa shape index (κ3) is 3.85. The predicted octanol–water partition coefficient (Wildman–Crippen LogP) is 1.78. The quantitative estimate of drug-likeness (QED) is 0.821. The SMILES string of the molecule is CC(C)(C)OC(=O)N1C(CCO)COCC1(C)C. The fourth-order valence-electron chi connectivity index (χ4n) is 2.15. The molecule has 0 bridgehead atoms. The summed E-state index contributed by atoms with van der Waals surface area (Å²) in [5, 5.41) is 9.09. The van der Waals surface area contributed by atoms with Crippen LogP contribution < -0.4 is 0 Å². The molecule has 5 heteroatoms. The molecule has 1 N–H and O–H groups in total. The molecule has 5 nitrogen and oxygen atoms in total. The van der Waals surface area contributed by atoms with Crippen molar-refractivity contribution in [3.05, 3.63) is 0 Å². The molecular formula is C13H25NO4. The second-order valence-corrected chi connectivity index (χ2v) is 6.34. The number of aliphatic hydroxyl groups excluding tert-OH is 1. The first-order valence-corrected chi connectivity index (χ1v) is 6.38. The molecule has 1 fully saturated rings. The highest BCUT2D eigenvalue weighted by molar-refractivity contribution is 5.69. The van der Waals surface area contributed by atoms with Gasteiger partial charge in [0.2, 0.25) is 0 Å². The first kappa shape index (κ1) is 15.2. The van der Waals surface area contributed by atoms with Crippen molar-refractivity contribution in [2.45, 2.75) is 58.2 Å². The minimum absolute atomic E-state index is 0.0312. The third-order valence-corrected chi connectivity index (χ3v) is 2.84. The van der Waals surface area contributed by atoms with E-state index < -0.39 is 11.1 Å². The largest absolute Gasteiger partial charge is 0.444 e. The molecule has 1 aliphatic rings. The van der Waals surface area contributed by atoms with Gasteiger partial charge >= 0.3 is 6.09 Å². The summed E-state index contributed by atoms with van der Waals surface area (Å²) in [6.07, 6.45) is 0.164. The number of hydrogen-bond acceptors (Lipinski definition) is 4. The average molecular weight is 259 g/mol. The molecule has 0 spiro atoms. The Morgan fingerprint density at radius 3 is 2.61 bits per heavy atom. The summed E-state index contributed by atoms with van der Waals surface area (Å²) in [5.74, 6) is 0. The van der Waals surface area contributed by atoms with Gasteiger partial charge in [0.15, 0.2) is 0 Å². The van der Waals surface area contributed by atoms with E-state index in [1.54, 1.807) is 4.90 Å². The summed E-state index contributed by atoms with van der Waals surface area (Å²) in [6.45, 7) is 10.4. The van der Waals surface area contributed by atoms with E-state index in [-0.39, 0.29) is 18.7 Å². The van der Waals surface area contributed by atoms with Crippen LogP contribution in [0.2, 0.25) is 0 Å². The number of carbonyl (C=O) groups is 1. The molecule has 0 radical (unpaired) electrons. The van der Waals surface area contributed by atoms with Crippen LogP contribution in [0.15, 0.2) is 0 Å². The predicted molar refractivity (Wildman–Crippen MR) is 68.5 cm³/mol. The van der Waals surface area contributed by atoms with E-state index in [4.69, 9.17) is 14.6 Å². The van der Waals surface area contributed by atoms with E-state index in [2.05, 4.69) is 0 Å². The summed E-state index contributed by atoms with van der Waals surface area (Å²) < 4.78 is 10.9. The highest BCUT2D eigenvalue weighted by atomic mass is 16.6. The van der Waals surface area contributed by atoms with E-state index in [9.17, 15) is 4.79 Å². The van der Waals surface area contributed by atoms with E-state index in [0.29, 0.717) is 19.6 Å². The lowest BCUT2D eigenvalue weighted by molar-refractivity contribution is -0.0951. The molecule has 18 heavy (non-hydrogen) atoms. The van der Waals surface area contributed by atoms with Crippen molar-refractivity contribution < 1.29 is 19.4 Å². The number of aliphatic hydroxyl groups is 1. The normalized spacial score (nSPS) is 23.9. The molecule has 1 atom stereocenters. The first-order valence-electron chi connectivity index (χ1n) is 6.38. The minimum atomic E-state index is -0.519. The molecule has 0 aliphatic carbocycles. The molecule has 1 unspecified atom stereocenters. The Hall–Kier alpha value is -0.810. The van der Waals surface area contributed by atoms with Gasteiger partial charge in [-0.1, -0.05) is 0 Å². The molecule has 1 heterocycles.